The Hall–Kier alpha value is -4.07. The Morgan fingerprint density at radius 2 is 2.09 bits per heavy atom. The van der Waals surface area contributed by atoms with Gasteiger partial charge in [-0.25, -0.2) is 18.6 Å². The highest BCUT2D eigenvalue weighted by atomic mass is 35.5. The maximum atomic E-state index is 15.4. The van der Waals surface area contributed by atoms with E-state index in [-0.39, 0.29) is 28.4 Å². The highest BCUT2D eigenvalue weighted by Crippen LogP contribution is 2.50. The number of rotatable bonds is 10. The summed E-state index contributed by atoms with van der Waals surface area (Å²) >= 11 is 5.82. The van der Waals surface area contributed by atoms with E-state index in [1.807, 2.05) is 0 Å². The number of aromatic carboxylic acids is 1. The Bertz CT molecular complexity index is 1730. The van der Waals surface area contributed by atoms with Crippen molar-refractivity contribution in [2.45, 2.75) is 51.0 Å². The quantitative estimate of drug-likeness (QED) is 0.297. The monoisotopic (exact) mass is 605 g/mol. The van der Waals surface area contributed by atoms with Crippen LogP contribution in [-0.4, -0.2) is 62.6 Å². The third-order valence-electron chi connectivity index (χ3n) is 8.47. The van der Waals surface area contributed by atoms with Crippen molar-refractivity contribution in [3.8, 4) is 11.8 Å². The first kappa shape index (κ1) is 29.0. The van der Waals surface area contributed by atoms with Crippen molar-refractivity contribution in [3.63, 3.8) is 0 Å². The predicted molar refractivity (Wildman–Crippen MR) is 159 cm³/mol. The zero-order valence-corrected chi connectivity index (χ0v) is 24.3. The molecule has 0 radical (unpaired) electrons. The summed E-state index contributed by atoms with van der Waals surface area (Å²) in [5, 5.41) is 19.2. The van der Waals surface area contributed by atoms with Crippen LogP contribution in [0.1, 0.15) is 42.4 Å². The largest absolute Gasteiger partial charge is 0.488 e. The summed E-state index contributed by atoms with van der Waals surface area (Å²) in [7, 11) is 0. The number of hydrogen-bond donors (Lipinski definition) is 1. The molecule has 1 aromatic heterocycles. The van der Waals surface area contributed by atoms with Crippen molar-refractivity contribution < 1.29 is 23.4 Å². The Morgan fingerprint density at radius 1 is 1.28 bits per heavy atom. The fourth-order valence-electron chi connectivity index (χ4n) is 5.63. The molecule has 2 unspecified atom stereocenters. The van der Waals surface area contributed by atoms with Gasteiger partial charge in [0, 0.05) is 36.5 Å². The van der Waals surface area contributed by atoms with Gasteiger partial charge < -0.3 is 14.4 Å². The number of carbonyl (C=O) groups is 1. The minimum atomic E-state index is -1.77. The Balaban J connectivity index is 1.19. The predicted octanol–water partition coefficient (Wildman–Crippen LogP) is 6.15. The molecule has 1 N–H and O–H groups in total. The van der Waals surface area contributed by atoms with Crippen LogP contribution in [0.5, 0.6) is 5.75 Å². The van der Waals surface area contributed by atoms with Crippen molar-refractivity contribution >= 4 is 34.3 Å². The highest BCUT2D eigenvalue weighted by Gasteiger charge is 2.43. The van der Waals surface area contributed by atoms with Crippen LogP contribution in [0, 0.1) is 22.6 Å². The summed E-state index contributed by atoms with van der Waals surface area (Å²) < 4.78 is 37.2. The average molecular weight is 606 g/mol. The Labute approximate surface area is 252 Å². The van der Waals surface area contributed by atoms with E-state index in [0.29, 0.717) is 43.8 Å². The molecule has 0 bridgehead atoms. The molecule has 3 aromatic rings. The molecular weight excluding hydrogens is 576 g/mol. The molecule has 2 aliphatic heterocycles. The van der Waals surface area contributed by atoms with E-state index in [1.54, 1.807) is 24.3 Å². The molecule has 0 saturated heterocycles. The molecular formula is C32H30ClF2N5O3. The third kappa shape index (κ3) is 6.05. The lowest BCUT2D eigenvalue weighted by atomic mass is 9.94. The second-order valence-corrected chi connectivity index (χ2v) is 12.2. The number of fused-ring (bicyclic) bond motifs is 1. The molecule has 3 aliphatic rings. The van der Waals surface area contributed by atoms with Crippen LogP contribution in [0.15, 0.2) is 65.2 Å². The number of dihydropyridines is 1. The smallest absolute Gasteiger partial charge is 0.335 e. The minimum Gasteiger partial charge on any atom is -0.488 e. The van der Waals surface area contributed by atoms with E-state index in [4.69, 9.17) is 21.3 Å². The van der Waals surface area contributed by atoms with Gasteiger partial charge in [-0.2, -0.15) is 5.26 Å². The van der Waals surface area contributed by atoms with Gasteiger partial charge in [0.25, 0.3) is 0 Å². The van der Waals surface area contributed by atoms with Crippen LogP contribution in [0.4, 0.5) is 8.78 Å². The van der Waals surface area contributed by atoms with Crippen molar-refractivity contribution in [1.82, 2.24) is 14.5 Å². The molecule has 3 heterocycles. The van der Waals surface area contributed by atoms with Crippen molar-refractivity contribution in [1.29, 1.82) is 5.26 Å². The van der Waals surface area contributed by atoms with Crippen LogP contribution >= 0.6 is 11.6 Å². The van der Waals surface area contributed by atoms with Crippen LogP contribution in [-0.2, 0) is 13.1 Å². The SMILES string of the molecule is CC1(F)C=CC(C2=CCN(Cc3nc4ccc(C(=O)O)cc4n3CC3(CC#N)CC3)C2)=NC1COc1ccc(Cl)cc1F. The lowest BCUT2D eigenvalue weighted by molar-refractivity contribution is 0.0697. The number of imidazole rings is 1. The maximum absolute atomic E-state index is 15.4. The fourth-order valence-corrected chi connectivity index (χ4v) is 5.79. The lowest BCUT2D eigenvalue weighted by Crippen LogP contribution is -2.39. The van der Waals surface area contributed by atoms with E-state index in [0.717, 1.165) is 35.8 Å². The van der Waals surface area contributed by atoms with Gasteiger partial charge >= 0.3 is 5.97 Å². The molecule has 1 fully saturated rings. The Morgan fingerprint density at radius 3 is 2.81 bits per heavy atom. The molecule has 2 aromatic carbocycles. The number of nitriles is 1. The number of aliphatic imine (C=N–C) groups is 1. The topological polar surface area (TPSA) is 104 Å². The van der Waals surface area contributed by atoms with Crippen LogP contribution in [0.2, 0.25) is 5.02 Å². The molecule has 1 aliphatic carbocycles. The number of carboxylic acid groups (broad SMARTS) is 1. The molecule has 2 atom stereocenters. The summed E-state index contributed by atoms with van der Waals surface area (Å²) in [6.07, 6.45) is 7.53. The number of ether oxygens (including phenoxy) is 1. The zero-order valence-electron chi connectivity index (χ0n) is 23.6. The third-order valence-corrected chi connectivity index (χ3v) is 8.70. The van der Waals surface area contributed by atoms with Crippen LogP contribution in [0.3, 0.4) is 0 Å². The number of nitrogens with zero attached hydrogens (tertiary/aromatic N) is 5. The number of carboxylic acids is 1. The van der Waals surface area contributed by atoms with Gasteiger partial charge in [0.2, 0.25) is 0 Å². The van der Waals surface area contributed by atoms with E-state index in [1.165, 1.54) is 25.1 Å². The van der Waals surface area contributed by atoms with E-state index in [9.17, 15) is 19.6 Å². The molecule has 6 rings (SSSR count). The van der Waals surface area contributed by atoms with Crippen molar-refractivity contribution in [2.24, 2.45) is 10.4 Å². The van der Waals surface area contributed by atoms with Gasteiger partial charge in [-0.3, -0.25) is 9.89 Å². The number of alkyl halides is 1. The van der Waals surface area contributed by atoms with E-state index < -0.39 is 23.5 Å². The molecule has 0 spiro atoms. The summed E-state index contributed by atoms with van der Waals surface area (Å²) in [4.78, 5) is 23.4. The fraction of sp³-hybridized carbons (Fsp3) is 0.375. The summed E-state index contributed by atoms with van der Waals surface area (Å²) in [6, 6.07) is 10.4. The number of hydrogen-bond acceptors (Lipinski definition) is 6. The first-order valence-electron chi connectivity index (χ1n) is 14.1. The minimum absolute atomic E-state index is 0.0149. The molecule has 0 amide bonds. The van der Waals surface area contributed by atoms with Gasteiger partial charge in [-0.05, 0) is 73.9 Å². The summed E-state index contributed by atoms with van der Waals surface area (Å²) in [6.45, 7) is 3.55. The summed E-state index contributed by atoms with van der Waals surface area (Å²) in [5.74, 6) is -0.845. The molecule has 8 nitrogen and oxygen atoms in total. The second-order valence-electron chi connectivity index (χ2n) is 11.8. The molecule has 222 valence electrons. The molecule has 1 saturated carbocycles. The number of allylic oxidation sites excluding steroid dienone is 1. The second kappa shape index (κ2) is 11.2. The normalized spacial score (nSPS) is 22.7. The number of benzene rings is 2. The van der Waals surface area contributed by atoms with Gasteiger partial charge in [-0.1, -0.05) is 17.7 Å². The highest BCUT2D eigenvalue weighted by molar-refractivity contribution is 6.30. The van der Waals surface area contributed by atoms with E-state index >= 15 is 4.39 Å². The molecule has 43 heavy (non-hydrogen) atoms. The standard InChI is InChI=1S/C32H30ClF2N5O3/c1-31(35)8-6-24(37-28(31)18-43-27-5-3-22(33)15-23(27)34)21-7-13-39(16-21)17-29-38-25-4-2-20(30(41)42)14-26(25)40(29)19-32(9-10-32)11-12-36/h2-8,14-15,28H,9-11,13,16-19H2,1H3,(H,41,42). The number of halogens is 3. The van der Waals surface area contributed by atoms with Gasteiger partial charge in [0.15, 0.2) is 17.2 Å². The maximum Gasteiger partial charge on any atom is 0.335 e. The van der Waals surface area contributed by atoms with Crippen LogP contribution in [0.25, 0.3) is 11.0 Å². The van der Waals surface area contributed by atoms with Gasteiger partial charge in [-0.15, -0.1) is 0 Å². The Kier molecular flexibility index (Phi) is 7.57. The summed E-state index contributed by atoms with van der Waals surface area (Å²) in [5.41, 5.74) is 1.34. The molecule has 11 heteroatoms. The van der Waals surface area contributed by atoms with Gasteiger partial charge in [0.1, 0.15) is 18.5 Å². The lowest BCUT2D eigenvalue weighted by Gasteiger charge is -2.29. The van der Waals surface area contributed by atoms with Gasteiger partial charge in [0.05, 0.1) is 34.9 Å². The van der Waals surface area contributed by atoms with Crippen LogP contribution < -0.4 is 4.74 Å². The van der Waals surface area contributed by atoms with Crippen molar-refractivity contribution in [2.75, 3.05) is 19.7 Å². The first-order chi connectivity index (χ1) is 20.6. The first-order valence-corrected chi connectivity index (χ1v) is 14.5. The number of aromatic nitrogens is 2. The van der Waals surface area contributed by atoms with Crippen molar-refractivity contribution in [3.05, 3.63) is 82.4 Å². The average Bonchev–Trinajstić information content (AvgIpc) is 3.41. The van der Waals surface area contributed by atoms with E-state index in [2.05, 4.69) is 26.6 Å². The zero-order chi connectivity index (χ0) is 30.4.